The van der Waals surface area contributed by atoms with Gasteiger partial charge in [-0.2, -0.15) is 0 Å². The fraction of sp³-hybridized carbons (Fsp3) is 0.607. The van der Waals surface area contributed by atoms with E-state index >= 15 is 0 Å². The average Bonchev–Trinajstić information content (AvgIpc) is 3.28. The third kappa shape index (κ3) is 20.9. The summed E-state index contributed by atoms with van der Waals surface area (Å²) < 4.78 is 0. The van der Waals surface area contributed by atoms with Crippen molar-refractivity contribution < 1.29 is 0 Å². The molecule has 0 bridgehead atoms. The molecule has 0 amide bonds. The van der Waals surface area contributed by atoms with Gasteiger partial charge in [0.1, 0.15) is 0 Å². The molecule has 0 spiro atoms. The first-order chi connectivity index (χ1) is 30.9. The molecule has 0 saturated carbocycles. The summed E-state index contributed by atoms with van der Waals surface area (Å²) in [6, 6.07) is 32.5. The maximum atomic E-state index is 6.16. The van der Waals surface area contributed by atoms with Gasteiger partial charge in [-0.25, -0.2) is 0 Å². The largest absolute Gasteiger partial charge is 0.399 e. The highest BCUT2D eigenvalue weighted by atomic mass is 14.5. The molecule has 2 heteroatoms. The van der Waals surface area contributed by atoms with E-state index in [1.807, 2.05) is 0 Å². The number of rotatable bonds is 36. The summed E-state index contributed by atoms with van der Waals surface area (Å²) in [6.45, 7) is 9.08. The number of anilines is 2. The first-order valence-corrected chi connectivity index (χ1v) is 26.8. The summed E-state index contributed by atoms with van der Waals surface area (Å²) in [5, 5.41) is 0. The summed E-state index contributed by atoms with van der Waals surface area (Å²) in [4.78, 5) is 0. The lowest BCUT2D eigenvalue weighted by Crippen LogP contribution is -2.05. The van der Waals surface area contributed by atoms with Crippen LogP contribution in [0.15, 0.2) is 84.9 Å². The van der Waals surface area contributed by atoms with Gasteiger partial charge in [-0.1, -0.05) is 235 Å². The van der Waals surface area contributed by atoms with Gasteiger partial charge < -0.3 is 11.5 Å². The molecule has 2 unspecified atom stereocenters. The van der Waals surface area contributed by atoms with Crippen LogP contribution >= 0.6 is 0 Å². The number of unbranched alkanes of at least 4 members (excludes halogenated alkanes) is 24. The highest BCUT2D eigenvalue weighted by Gasteiger charge is 2.18. The smallest absolute Gasteiger partial charge is 0.0316 e. The Bertz CT molecular complexity index is 1610. The summed E-state index contributed by atoms with van der Waals surface area (Å²) in [5.41, 5.74) is 25.6. The number of benzene rings is 4. The zero-order chi connectivity index (χ0) is 44.7. The van der Waals surface area contributed by atoms with Crippen molar-refractivity contribution in [3.8, 4) is 0 Å². The molecule has 0 saturated heterocycles. The SMILES string of the molecule is CCCCCCCCCCCC(c1ccc(CCCCCCCCCCCc2ccc(C(CCCCCCCCCCC)c3ccc(N)cc3C)cc2)cc1)c1ccc(N)cc1C. The first kappa shape index (κ1) is 52.1. The van der Waals surface area contributed by atoms with Crippen LogP contribution in [-0.4, -0.2) is 0 Å². The third-order valence-corrected chi connectivity index (χ3v) is 14.2. The molecule has 63 heavy (non-hydrogen) atoms. The van der Waals surface area contributed by atoms with Crippen LogP contribution in [0.25, 0.3) is 0 Å². The van der Waals surface area contributed by atoms with E-state index in [0.29, 0.717) is 11.8 Å². The quantitative estimate of drug-likeness (QED) is 0.0354. The van der Waals surface area contributed by atoms with E-state index in [-0.39, 0.29) is 0 Å². The minimum absolute atomic E-state index is 0.457. The Kier molecular flexibility index (Phi) is 26.6. The van der Waals surface area contributed by atoms with E-state index in [1.54, 1.807) is 0 Å². The molecule has 0 aliphatic heterocycles. The maximum absolute atomic E-state index is 6.16. The van der Waals surface area contributed by atoms with Gasteiger partial charge in [0.25, 0.3) is 0 Å². The summed E-state index contributed by atoms with van der Waals surface area (Å²) >= 11 is 0. The Morgan fingerprint density at radius 1 is 0.333 bits per heavy atom. The predicted molar refractivity (Wildman–Crippen MR) is 280 cm³/mol. The normalized spacial score (nSPS) is 12.5. The Hall–Kier alpha value is -3.52. The second-order valence-corrected chi connectivity index (χ2v) is 19.7. The van der Waals surface area contributed by atoms with Crippen molar-refractivity contribution in [2.45, 2.75) is 239 Å². The molecule has 348 valence electrons. The molecule has 0 aliphatic carbocycles. The molecular formula is C61H94N2. The maximum Gasteiger partial charge on any atom is 0.0316 e. The van der Waals surface area contributed by atoms with Gasteiger partial charge in [-0.05, 0) is 121 Å². The summed E-state index contributed by atoms with van der Waals surface area (Å²) in [5.74, 6) is 0.914. The Morgan fingerprint density at radius 2 is 0.619 bits per heavy atom. The Balaban J connectivity index is 1.09. The van der Waals surface area contributed by atoms with Crippen LogP contribution in [0.3, 0.4) is 0 Å². The molecule has 4 rings (SSSR count). The zero-order valence-corrected chi connectivity index (χ0v) is 41.3. The van der Waals surface area contributed by atoms with Crippen LogP contribution in [0, 0.1) is 13.8 Å². The van der Waals surface area contributed by atoms with Gasteiger partial charge in [0.15, 0.2) is 0 Å². The second-order valence-electron chi connectivity index (χ2n) is 19.7. The van der Waals surface area contributed by atoms with Gasteiger partial charge in [0.2, 0.25) is 0 Å². The monoisotopic (exact) mass is 855 g/mol. The molecule has 2 atom stereocenters. The van der Waals surface area contributed by atoms with Crippen molar-refractivity contribution in [1.29, 1.82) is 0 Å². The minimum Gasteiger partial charge on any atom is -0.399 e. The lowest BCUT2D eigenvalue weighted by Gasteiger charge is -2.21. The van der Waals surface area contributed by atoms with E-state index in [4.69, 9.17) is 11.5 Å². The molecule has 4 N–H and O–H groups in total. The fourth-order valence-corrected chi connectivity index (χ4v) is 10.2. The van der Waals surface area contributed by atoms with Crippen LogP contribution in [-0.2, 0) is 12.8 Å². The van der Waals surface area contributed by atoms with Crippen LogP contribution in [0.5, 0.6) is 0 Å². The molecule has 0 aliphatic rings. The number of aryl methyl sites for hydroxylation is 4. The fourth-order valence-electron chi connectivity index (χ4n) is 10.2. The highest BCUT2D eigenvalue weighted by molar-refractivity contribution is 5.49. The second kappa shape index (κ2) is 32.2. The molecule has 0 fully saturated rings. The van der Waals surface area contributed by atoms with Crippen molar-refractivity contribution in [2.24, 2.45) is 0 Å². The number of nitrogen functional groups attached to an aromatic ring is 2. The molecule has 4 aromatic rings. The van der Waals surface area contributed by atoms with Crippen molar-refractivity contribution in [2.75, 3.05) is 11.5 Å². The molecule has 0 radical (unpaired) electrons. The molecule has 2 nitrogen and oxygen atoms in total. The predicted octanol–water partition coefficient (Wildman–Crippen LogP) is 18.9. The summed E-state index contributed by atoms with van der Waals surface area (Å²) in [6.07, 6.45) is 41.8. The first-order valence-electron chi connectivity index (χ1n) is 26.8. The van der Waals surface area contributed by atoms with Crippen LogP contribution in [0.1, 0.15) is 256 Å². The van der Waals surface area contributed by atoms with Crippen LogP contribution < -0.4 is 11.5 Å². The van der Waals surface area contributed by atoms with Crippen LogP contribution in [0.4, 0.5) is 11.4 Å². The van der Waals surface area contributed by atoms with E-state index in [9.17, 15) is 0 Å². The number of hydrogen-bond acceptors (Lipinski definition) is 2. The van der Waals surface area contributed by atoms with E-state index < -0.39 is 0 Å². The topological polar surface area (TPSA) is 52.0 Å². The van der Waals surface area contributed by atoms with Gasteiger partial charge in [-0.3, -0.25) is 0 Å². The number of hydrogen-bond donors (Lipinski definition) is 2. The van der Waals surface area contributed by atoms with Crippen molar-refractivity contribution >= 4 is 11.4 Å². The highest BCUT2D eigenvalue weighted by Crippen LogP contribution is 2.35. The van der Waals surface area contributed by atoms with Gasteiger partial charge in [0, 0.05) is 23.2 Å². The summed E-state index contributed by atoms with van der Waals surface area (Å²) in [7, 11) is 0. The standard InChI is InChI=1S/C61H94N2/c1-5-7-9-11-13-16-22-26-30-34-60(58-46-44-56(62)48-50(58)3)54-40-36-52(37-41-54)32-28-24-20-18-15-19-21-25-29-33-53-38-42-55(43-39-53)61(59-47-45-57(63)49-51(59)4)35-31-27-23-17-14-12-10-8-6-2/h36-49,60-61H,5-35,62-63H2,1-4H3. The van der Waals surface area contributed by atoms with E-state index in [0.717, 1.165) is 11.4 Å². The van der Waals surface area contributed by atoms with Gasteiger partial charge in [0.05, 0.1) is 0 Å². The average molecular weight is 855 g/mol. The Morgan fingerprint density at radius 3 is 0.921 bits per heavy atom. The zero-order valence-electron chi connectivity index (χ0n) is 41.3. The van der Waals surface area contributed by atoms with Crippen molar-refractivity contribution in [3.63, 3.8) is 0 Å². The van der Waals surface area contributed by atoms with Crippen molar-refractivity contribution in [3.05, 3.63) is 129 Å². The van der Waals surface area contributed by atoms with Crippen molar-refractivity contribution in [1.82, 2.24) is 0 Å². The Labute approximate surface area is 389 Å². The molecule has 0 aromatic heterocycles. The molecule has 4 aromatic carbocycles. The third-order valence-electron chi connectivity index (χ3n) is 14.2. The number of nitrogens with two attached hydrogens (primary N) is 2. The minimum atomic E-state index is 0.457. The van der Waals surface area contributed by atoms with Gasteiger partial charge in [-0.15, -0.1) is 0 Å². The lowest BCUT2D eigenvalue weighted by atomic mass is 9.84. The molecule has 0 heterocycles. The lowest BCUT2D eigenvalue weighted by molar-refractivity contribution is 0.545. The molecular weight excluding hydrogens is 761 g/mol. The van der Waals surface area contributed by atoms with Gasteiger partial charge >= 0.3 is 0 Å². The van der Waals surface area contributed by atoms with E-state index in [2.05, 4.69) is 113 Å². The van der Waals surface area contributed by atoms with Crippen LogP contribution in [0.2, 0.25) is 0 Å². The van der Waals surface area contributed by atoms with E-state index in [1.165, 1.54) is 244 Å².